The first kappa shape index (κ1) is 57.0. The first-order valence-corrected chi connectivity index (χ1v) is 16.8. The largest absolute Gasteiger partial charge is 0.481 e. The molecule has 1 rings (SSSR count). The molecular weight excluding hydrogens is 732 g/mol. The maximum absolute atomic E-state index is 12.6. The van der Waals surface area contributed by atoms with Crippen molar-refractivity contribution in [3.63, 3.8) is 0 Å². The van der Waals surface area contributed by atoms with Crippen LogP contribution in [0.15, 0.2) is 30.3 Å². The van der Waals surface area contributed by atoms with Crippen LogP contribution in [0.3, 0.4) is 0 Å². The van der Waals surface area contributed by atoms with E-state index in [0.29, 0.717) is 0 Å². The SMILES string of the molecule is CC(C)[C@H](NC(=O)OCc1ccccc1)C(=O)N[C@@H](C)C(=O)N[C@@H](CC(=O)O)C(=O)CF.NCCCC(O)(P(=O)(O)O)P(=O)(O)O.O.O.O.[Na]. The van der Waals surface area contributed by atoms with Gasteiger partial charge in [-0.05, 0) is 31.4 Å². The predicted octanol–water partition coefficient (Wildman–Crippen LogP) is -3.19. The molecule has 17 N–H and O–H groups in total. The second kappa shape index (κ2) is 26.4. The molecule has 0 aliphatic carbocycles. The minimum atomic E-state index is -5.30. The molecule has 0 fully saturated rings. The number of carbonyl (C=O) groups excluding carboxylic acids is 4. The van der Waals surface area contributed by atoms with E-state index in [1.807, 2.05) is 6.07 Å². The summed E-state index contributed by atoms with van der Waals surface area (Å²) in [4.78, 5) is 93.8. The Labute approximate surface area is 308 Å². The van der Waals surface area contributed by atoms with Gasteiger partial charge in [-0.15, -0.1) is 0 Å². The Balaban J connectivity index is -0.000000321. The summed E-state index contributed by atoms with van der Waals surface area (Å²) in [6.45, 7) is 3.18. The van der Waals surface area contributed by atoms with Gasteiger partial charge in [0.15, 0.2) is 5.78 Å². The molecule has 0 spiro atoms. The van der Waals surface area contributed by atoms with Gasteiger partial charge in [-0.25, -0.2) is 9.18 Å². The van der Waals surface area contributed by atoms with Crippen molar-refractivity contribution in [1.29, 1.82) is 0 Å². The molecule has 1 aromatic carbocycles. The fraction of sp³-hybridized carbons (Fsp3) is 0.560. The Bertz CT molecular complexity index is 1260. The first-order chi connectivity index (χ1) is 21.1. The zero-order chi connectivity index (χ0) is 35.9. The second-order valence-electron chi connectivity index (χ2n) is 10.2. The molecule has 0 saturated carbocycles. The van der Waals surface area contributed by atoms with Crippen molar-refractivity contribution in [2.75, 3.05) is 13.2 Å². The van der Waals surface area contributed by atoms with Crippen LogP contribution in [0.2, 0.25) is 0 Å². The van der Waals surface area contributed by atoms with Crippen molar-refractivity contribution >= 4 is 74.4 Å². The summed E-state index contributed by atoms with van der Waals surface area (Å²) in [7, 11) is -10.6. The number of carbonyl (C=O) groups is 5. The number of Topliss-reactive ketones (excluding diaryl/α,β-unsaturated/α-hetero) is 1. The number of hydrogen-bond acceptors (Lipinski definition) is 10. The number of aliphatic carboxylic acids is 1. The minimum absolute atomic E-state index is 0. The Hall–Kier alpha value is -2.40. The molecule has 3 amide bonds. The van der Waals surface area contributed by atoms with Gasteiger partial charge in [0.2, 0.25) is 11.8 Å². The summed E-state index contributed by atoms with van der Waals surface area (Å²) in [5.74, 6) is -4.41. The van der Waals surface area contributed by atoms with Crippen LogP contribution in [-0.4, -0.2) is 142 Å². The number of alkyl halides is 1. The second-order valence-corrected chi connectivity index (χ2v) is 14.2. The molecule has 1 radical (unpaired) electrons. The first-order valence-electron chi connectivity index (χ1n) is 13.5. The smallest absolute Gasteiger partial charge is 0.408 e. The van der Waals surface area contributed by atoms with Gasteiger partial charge in [0.25, 0.3) is 5.08 Å². The molecule has 21 nitrogen and oxygen atoms in total. The molecule has 0 heterocycles. The van der Waals surface area contributed by atoms with Crippen molar-refractivity contribution in [1.82, 2.24) is 16.0 Å². The average Bonchev–Trinajstić information content (AvgIpc) is 2.95. The molecule has 0 bridgehead atoms. The van der Waals surface area contributed by atoms with Crippen molar-refractivity contribution in [3.8, 4) is 0 Å². The molecule has 50 heavy (non-hydrogen) atoms. The van der Waals surface area contributed by atoms with Gasteiger partial charge in [0.1, 0.15) is 31.4 Å². The van der Waals surface area contributed by atoms with Gasteiger partial charge in [0.05, 0.1) is 6.42 Å². The summed E-state index contributed by atoms with van der Waals surface area (Å²) >= 11 is 0. The van der Waals surface area contributed by atoms with E-state index in [4.69, 9.17) is 35.2 Å². The standard InChI is InChI=1S/C21H28FN3O7.C4H13NO7P2.Na.3H2O/c1-12(2)18(25-21(31)32-11-14-7-5-4-6-8-14)20(30)23-13(3)19(29)24-15(9-17(27)28)16(26)10-22;5-3-1-2-4(6,13(7,8)9)14(10,11)12;;;;/h4-8,12-13,15,18H,9-11H2,1-3H3,(H,23,30)(H,24,29)(H,25,31)(H,27,28);6H,1-3,5H2,(H2,7,8,9)(H2,10,11,12);;3*1H2/t13-,15-,18-;;;;;/m0...../s1. The molecular formula is C25H47FN4NaO17P2. The van der Waals surface area contributed by atoms with Crippen molar-refractivity contribution in [2.45, 2.75) is 69.8 Å². The number of hydrogen-bond donors (Lipinski definition) is 10. The quantitative estimate of drug-likeness (QED) is 0.0550. The number of amides is 3. The number of ether oxygens (including phenoxy) is 1. The van der Waals surface area contributed by atoms with Crippen molar-refractivity contribution in [2.24, 2.45) is 11.7 Å². The van der Waals surface area contributed by atoms with Crippen LogP contribution in [0.4, 0.5) is 9.18 Å². The molecule has 0 saturated heterocycles. The van der Waals surface area contributed by atoms with Gasteiger partial charge in [0, 0.05) is 36.0 Å². The van der Waals surface area contributed by atoms with Gasteiger partial charge in [-0.1, -0.05) is 44.2 Å². The topological polar surface area (TPSA) is 407 Å². The van der Waals surface area contributed by atoms with Crippen LogP contribution in [-0.2, 0) is 39.7 Å². The summed E-state index contributed by atoms with van der Waals surface area (Å²) < 4.78 is 39.2. The van der Waals surface area contributed by atoms with E-state index in [1.165, 1.54) is 6.92 Å². The fourth-order valence-corrected chi connectivity index (χ4v) is 5.66. The average molecular weight is 780 g/mol. The maximum Gasteiger partial charge on any atom is 0.408 e. The van der Waals surface area contributed by atoms with Crippen LogP contribution in [0.5, 0.6) is 0 Å². The van der Waals surface area contributed by atoms with E-state index >= 15 is 0 Å². The molecule has 3 atom stereocenters. The molecule has 287 valence electrons. The number of carboxylic acid groups (broad SMARTS) is 1. The van der Waals surface area contributed by atoms with Gasteiger partial charge < -0.3 is 72.6 Å². The number of nitrogens with one attached hydrogen (secondary N) is 3. The minimum Gasteiger partial charge on any atom is -0.481 e. The fourth-order valence-electron chi connectivity index (χ4n) is 3.41. The van der Waals surface area contributed by atoms with Crippen LogP contribution < -0.4 is 21.7 Å². The monoisotopic (exact) mass is 779 g/mol. The van der Waals surface area contributed by atoms with Crippen molar-refractivity contribution in [3.05, 3.63) is 35.9 Å². The van der Waals surface area contributed by atoms with Gasteiger partial charge >= 0.3 is 27.3 Å². The van der Waals surface area contributed by atoms with Crippen LogP contribution >= 0.6 is 15.2 Å². The summed E-state index contributed by atoms with van der Waals surface area (Å²) in [5.41, 5.74) is 5.77. The molecule has 0 aliphatic rings. The Morgan fingerprint density at radius 1 is 0.900 bits per heavy atom. The van der Waals surface area contributed by atoms with Gasteiger partial charge in [-0.3, -0.25) is 28.3 Å². The number of rotatable bonds is 17. The molecule has 1 aromatic rings. The Morgan fingerprint density at radius 2 is 1.40 bits per heavy atom. The van der Waals surface area contributed by atoms with Crippen LogP contribution in [0.1, 0.15) is 45.6 Å². The molecule has 0 aliphatic heterocycles. The zero-order valence-electron chi connectivity index (χ0n) is 27.7. The van der Waals surface area contributed by atoms with Gasteiger partial charge in [-0.2, -0.15) is 0 Å². The van der Waals surface area contributed by atoms with Crippen LogP contribution in [0.25, 0.3) is 0 Å². The number of carboxylic acids is 1. The van der Waals surface area contributed by atoms with E-state index in [9.17, 15) is 42.6 Å². The third-order valence-corrected chi connectivity index (χ3v) is 9.93. The van der Waals surface area contributed by atoms with E-state index in [-0.39, 0.29) is 71.5 Å². The number of halogens is 1. The third kappa shape index (κ3) is 19.8. The summed E-state index contributed by atoms with van der Waals surface area (Å²) in [6, 6.07) is 5.15. The molecule has 0 unspecified atom stereocenters. The molecule has 0 aromatic heterocycles. The zero-order valence-corrected chi connectivity index (χ0v) is 31.5. The van der Waals surface area contributed by atoms with Crippen LogP contribution in [0, 0.1) is 5.92 Å². The third-order valence-electron chi connectivity index (χ3n) is 6.05. The summed E-state index contributed by atoms with van der Waals surface area (Å²) in [6.07, 6.45) is -2.47. The number of nitrogens with two attached hydrogens (primary N) is 1. The Kier molecular flexibility index (Phi) is 30.1. The maximum atomic E-state index is 12.6. The van der Waals surface area contributed by atoms with E-state index < -0.39 is 87.6 Å². The number of benzene rings is 1. The van der Waals surface area contributed by atoms with E-state index in [2.05, 4.69) is 16.0 Å². The normalized spacial score (nSPS) is 12.6. The number of ketones is 1. The predicted molar refractivity (Wildman–Crippen MR) is 175 cm³/mol. The van der Waals surface area contributed by atoms with E-state index in [1.54, 1.807) is 38.1 Å². The number of aliphatic hydroxyl groups is 1. The summed E-state index contributed by atoms with van der Waals surface area (Å²) in [5, 5.41) is 21.7. The van der Waals surface area contributed by atoms with E-state index in [0.717, 1.165) is 5.56 Å². The Morgan fingerprint density at radius 3 is 1.80 bits per heavy atom. The molecule has 25 heteroatoms. The van der Waals surface area contributed by atoms with Crippen molar-refractivity contribution < 1.29 is 88.4 Å². The number of alkyl carbamates (subject to hydrolysis) is 1.